The third kappa shape index (κ3) is 3.45. The Hall–Kier alpha value is -1.52. The standard InChI is InChI=1S/C16H17Cl2N3O/c1-21-9-10(8-20-21)4-5-19-16(22)14-7-13(14)12-3-2-11(17)6-15(12)18/h2-3,6,8-9,13-14H,4-5,7H2,1H3,(H,19,22)/t13-,14+/m0/s1. The lowest BCUT2D eigenvalue weighted by molar-refractivity contribution is -0.122. The highest BCUT2D eigenvalue weighted by molar-refractivity contribution is 6.35. The number of halogens is 2. The fourth-order valence-corrected chi connectivity index (χ4v) is 3.24. The van der Waals surface area contributed by atoms with Gasteiger partial charge in [0.25, 0.3) is 0 Å². The first-order valence-corrected chi connectivity index (χ1v) is 8.00. The van der Waals surface area contributed by atoms with E-state index in [1.165, 1.54) is 0 Å². The first-order valence-electron chi connectivity index (χ1n) is 7.25. The summed E-state index contributed by atoms with van der Waals surface area (Å²) in [5.74, 6) is 0.329. The Morgan fingerprint density at radius 1 is 1.45 bits per heavy atom. The van der Waals surface area contributed by atoms with Crippen molar-refractivity contribution in [3.63, 3.8) is 0 Å². The van der Waals surface area contributed by atoms with Gasteiger partial charge >= 0.3 is 0 Å². The van der Waals surface area contributed by atoms with Crippen LogP contribution in [0, 0.1) is 5.92 Å². The molecule has 6 heteroatoms. The lowest BCUT2D eigenvalue weighted by Gasteiger charge is -2.06. The third-order valence-electron chi connectivity index (χ3n) is 3.96. The fourth-order valence-electron chi connectivity index (χ4n) is 2.69. The van der Waals surface area contributed by atoms with Crippen molar-refractivity contribution in [3.05, 3.63) is 51.8 Å². The molecule has 4 nitrogen and oxygen atoms in total. The molecule has 0 spiro atoms. The number of carbonyl (C=O) groups is 1. The van der Waals surface area contributed by atoms with Gasteiger partial charge in [0.15, 0.2) is 0 Å². The second-order valence-electron chi connectivity index (χ2n) is 5.68. The summed E-state index contributed by atoms with van der Waals surface area (Å²) >= 11 is 12.1. The molecule has 0 unspecified atom stereocenters. The molecule has 1 N–H and O–H groups in total. The predicted molar refractivity (Wildman–Crippen MR) is 87.2 cm³/mol. The van der Waals surface area contributed by atoms with Crippen LogP contribution in [-0.2, 0) is 18.3 Å². The number of amides is 1. The van der Waals surface area contributed by atoms with Gasteiger partial charge in [-0.15, -0.1) is 0 Å². The van der Waals surface area contributed by atoms with E-state index < -0.39 is 0 Å². The number of hydrogen-bond acceptors (Lipinski definition) is 2. The molecule has 0 radical (unpaired) electrons. The lowest BCUT2D eigenvalue weighted by atomic mass is 10.1. The van der Waals surface area contributed by atoms with Gasteiger partial charge in [-0.1, -0.05) is 29.3 Å². The number of nitrogens with one attached hydrogen (secondary N) is 1. The summed E-state index contributed by atoms with van der Waals surface area (Å²) in [6, 6.07) is 5.46. The van der Waals surface area contributed by atoms with Crippen molar-refractivity contribution in [2.24, 2.45) is 13.0 Å². The normalized spacial score (nSPS) is 20.0. The number of benzene rings is 1. The molecule has 1 aromatic carbocycles. The van der Waals surface area contributed by atoms with E-state index in [1.54, 1.807) is 10.7 Å². The molecule has 1 amide bonds. The number of rotatable bonds is 5. The quantitative estimate of drug-likeness (QED) is 0.910. The van der Waals surface area contributed by atoms with E-state index in [1.807, 2.05) is 31.6 Å². The van der Waals surface area contributed by atoms with Crippen LogP contribution in [0.5, 0.6) is 0 Å². The predicted octanol–water partition coefficient (Wildman–Crippen LogP) is 3.19. The molecule has 2 atom stereocenters. The van der Waals surface area contributed by atoms with E-state index in [0.29, 0.717) is 16.6 Å². The van der Waals surface area contributed by atoms with Crippen molar-refractivity contribution in [1.82, 2.24) is 15.1 Å². The SMILES string of the molecule is Cn1cc(CCNC(=O)[C@@H]2C[C@H]2c2ccc(Cl)cc2Cl)cn1. The van der Waals surface area contributed by atoms with Crippen LogP contribution in [0.15, 0.2) is 30.6 Å². The van der Waals surface area contributed by atoms with Crippen molar-refractivity contribution in [1.29, 1.82) is 0 Å². The zero-order valence-electron chi connectivity index (χ0n) is 12.2. The fraction of sp³-hybridized carbons (Fsp3) is 0.375. The van der Waals surface area contributed by atoms with E-state index >= 15 is 0 Å². The summed E-state index contributed by atoms with van der Waals surface area (Å²) in [6.45, 7) is 0.627. The van der Waals surface area contributed by atoms with Gasteiger partial charge in [0.2, 0.25) is 5.91 Å². The van der Waals surface area contributed by atoms with Gasteiger partial charge in [0.05, 0.1) is 6.20 Å². The molecule has 1 saturated carbocycles. The van der Waals surface area contributed by atoms with Gasteiger partial charge in [-0.2, -0.15) is 5.10 Å². The summed E-state index contributed by atoms with van der Waals surface area (Å²) in [6.07, 6.45) is 5.41. The number of nitrogens with zero attached hydrogens (tertiary/aromatic N) is 2. The molecule has 0 aliphatic heterocycles. The Labute approximate surface area is 139 Å². The summed E-state index contributed by atoms with van der Waals surface area (Å²) in [4.78, 5) is 12.2. The maximum atomic E-state index is 12.2. The van der Waals surface area contributed by atoms with Crippen LogP contribution in [0.3, 0.4) is 0 Å². The first-order chi connectivity index (χ1) is 10.5. The van der Waals surface area contributed by atoms with Crippen LogP contribution < -0.4 is 5.32 Å². The van der Waals surface area contributed by atoms with Crippen LogP contribution in [0.1, 0.15) is 23.5 Å². The smallest absolute Gasteiger partial charge is 0.223 e. The Morgan fingerprint density at radius 2 is 2.27 bits per heavy atom. The van der Waals surface area contributed by atoms with Gasteiger partial charge in [-0.3, -0.25) is 9.48 Å². The van der Waals surface area contributed by atoms with Crippen LogP contribution >= 0.6 is 23.2 Å². The second-order valence-corrected chi connectivity index (χ2v) is 6.52. The molecule has 0 bridgehead atoms. The molecule has 1 heterocycles. The Balaban J connectivity index is 1.50. The van der Waals surface area contributed by atoms with Crippen LogP contribution in [0.25, 0.3) is 0 Å². The van der Waals surface area contributed by atoms with Gasteiger partial charge in [0.1, 0.15) is 0 Å². The molecular formula is C16H17Cl2N3O. The van der Waals surface area contributed by atoms with E-state index in [2.05, 4.69) is 10.4 Å². The largest absolute Gasteiger partial charge is 0.356 e. The van der Waals surface area contributed by atoms with E-state index in [4.69, 9.17) is 23.2 Å². The van der Waals surface area contributed by atoms with Crippen LogP contribution in [-0.4, -0.2) is 22.2 Å². The number of aromatic nitrogens is 2. The summed E-state index contributed by atoms with van der Waals surface area (Å²) < 4.78 is 1.76. The van der Waals surface area contributed by atoms with Crippen molar-refractivity contribution in [2.45, 2.75) is 18.8 Å². The van der Waals surface area contributed by atoms with Gasteiger partial charge in [-0.25, -0.2) is 0 Å². The van der Waals surface area contributed by atoms with Crippen molar-refractivity contribution in [3.8, 4) is 0 Å². The molecule has 0 saturated heterocycles. The van der Waals surface area contributed by atoms with Crippen molar-refractivity contribution < 1.29 is 4.79 Å². The number of aryl methyl sites for hydroxylation is 1. The molecule has 3 rings (SSSR count). The highest BCUT2D eigenvalue weighted by Crippen LogP contribution is 2.49. The first kappa shape index (κ1) is 15.4. The average Bonchev–Trinajstić information content (AvgIpc) is 3.15. The topological polar surface area (TPSA) is 46.9 Å². The molecule has 1 aliphatic rings. The van der Waals surface area contributed by atoms with Gasteiger partial charge in [0, 0.05) is 35.8 Å². The second kappa shape index (κ2) is 6.31. The van der Waals surface area contributed by atoms with E-state index in [-0.39, 0.29) is 17.7 Å². The summed E-state index contributed by atoms with van der Waals surface area (Å²) in [5.41, 5.74) is 2.13. The molecule has 116 valence electrons. The zero-order valence-corrected chi connectivity index (χ0v) is 13.7. The molecule has 1 aromatic heterocycles. The summed E-state index contributed by atoms with van der Waals surface area (Å²) in [5, 5.41) is 8.36. The minimum atomic E-state index is 0.0209. The highest BCUT2D eigenvalue weighted by atomic mass is 35.5. The van der Waals surface area contributed by atoms with Crippen LogP contribution in [0.4, 0.5) is 0 Å². The van der Waals surface area contributed by atoms with Crippen LogP contribution in [0.2, 0.25) is 10.0 Å². The molecule has 2 aromatic rings. The molecule has 22 heavy (non-hydrogen) atoms. The Morgan fingerprint density at radius 3 is 2.95 bits per heavy atom. The van der Waals surface area contributed by atoms with Gasteiger partial charge in [-0.05, 0) is 42.0 Å². The Bertz CT molecular complexity index is 698. The average molecular weight is 338 g/mol. The monoisotopic (exact) mass is 337 g/mol. The molecule has 1 fully saturated rings. The molecular weight excluding hydrogens is 321 g/mol. The van der Waals surface area contributed by atoms with Crippen molar-refractivity contribution >= 4 is 29.1 Å². The highest BCUT2D eigenvalue weighted by Gasteiger charge is 2.44. The molecule has 1 aliphatic carbocycles. The minimum Gasteiger partial charge on any atom is -0.356 e. The van der Waals surface area contributed by atoms with E-state index in [0.717, 1.165) is 24.0 Å². The number of carbonyl (C=O) groups excluding carboxylic acids is 1. The third-order valence-corrected chi connectivity index (χ3v) is 4.52. The van der Waals surface area contributed by atoms with Gasteiger partial charge < -0.3 is 5.32 Å². The lowest BCUT2D eigenvalue weighted by Crippen LogP contribution is -2.27. The minimum absolute atomic E-state index is 0.0209. The maximum Gasteiger partial charge on any atom is 0.223 e. The maximum absolute atomic E-state index is 12.2. The Kier molecular flexibility index (Phi) is 4.41. The van der Waals surface area contributed by atoms with Crippen molar-refractivity contribution in [2.75, 3.05) is 6.54 Å². The summed E-state index contributed by atoms with van der Waals surface area (Å²) in [7, 11) is 1.88. The van der Waals surface area contributed by atoms with E-state index in [9.17, 15) is 4.79 Å². The number of hydrogen-bond donors (Lipinski definition) is 1. The zero-order chi connectivity index (χ0) is 15.7.